The molecule has 0 bridgehead atoms. The van der Waals surface area contributed by atoms with E-state index in [1.807, 2.05) is 13.8 Å². The lowest BCUT2D eigenvalue weighted by Gasteiger charge is -1.86. The quantitative estimate of drug-likeness (QED) is 0.687. The van der Waals surface area contributed by atoms with Gasteiger partial charge in [0, 0.05) is 13.3 Å². The van der Waals surface area contributed by atoms with Gasteiger partial charge in [-0.1, -0.05) is 34.6 Å². The Morgan fingerprint density at radius 3 is 2.33 bits per heavy atom. The van der Waals surface area contributed by atoms with Crippen LogP contribution in [0.25, 0.3) is 0 Å². The van der Waals surface area contributed by atoms with Gasteiger partial charge in [-0.3, -0.25) is 0 Å². The number of aromatic amines is 1. The smallest absolute Gasteiger partial charge is 0.0118 e. The Kier molecular flexibility index (Phi) is 9.66. The standard InChI is InChI=1S/C8H13N.C2H6.CH4.H2/c1-3-4-8-5-7(2)9-6-8;1-2;;/h5-6,9H,3-4H2,1-2H3;1-2H3;1H4;1H. The molecular weight excluding hydrogens is 146 g/mol. The number of hydrogen-bond acceptors (Lipinski definition) is 0. The molecule has 0 unspecified atom stereocenters. The van der Waals surface area contributed by atoms with Crippen molar-refractivity contribution in [2.45, 2.75) is 48.0 Å². The van der Waals surface area contributed by atoms with Crippen molar-refractivity contribution in [2.24, 2.45) is 0 Å². The Hall–Kier alpha value is -0.720. The van der Waals surface area contributed by atoms with Crippen LogP contribution >= 0.6 is 0 Å². The molecule has 1 rings (SSSR count). The van der Waals surface area contributed by atoms with E-state index in [9.17, 15) is 0 Å². The summed E-state index contributed by atoms with van der Waals surface area (Å²) in [5, 5.41) is 0. The molecule has 12 heavy (non-hydrogen) atoms. The maximum Gasteiger partial charge on any atom is 0.0118 e. The second-order valence-corrected chi connectivity index (χ2v) is 2.44. The molecule has 0 amide bonds. The van der Waals surface area contributed by atoms with Crippen LogP contribution in [0.4, 0.5) is 0 Å². The molecule has 0 aliphatic heterocycles. The van der Waals surface area contributed by atoms with Gasteiger partial charge in [-0.05, 0) is 25.0 Å². The van der Waals surface area contributed by atoms with Gasteiger partial charge in [0.15, 0.2) is 0 Å². The first-order chi connectivity index (χ1) is 5.33. The minimum absolute atomic E-state index is 0. The number of aryl methyl sites for hydroxylation is 2. The molecule has 0 saturated heterocycles. The van der Waals surface area contributed by atoms with Crippen molar-refractivity contribution >= 4 is 0 Å². The van der Waals surface area contributed by atoms with Crippen LogP contribution in [-0.2, 0) is 6.42 Å². The van der Waals surface area contributed by atoms with Gasteiger partial charge in [0.1, 0.15) is 0 Å². The van der Waals surface area contributed by atoms with E-state index in [1.165, 1.54) is 24.1 Å². The number of H-pyrrole nitrogens is 1. The van der Waals surface area contributed by atoms with Crippen LogP contribution < -0.4 is 0 Å². The average molecular weight is 171 g/mol. The van der Waals surface area contributed by atoms with E-state index in [0.717, 1.165) is 0 Å². The van der Waals surface area contributed by atoms with E-state index in [4.69, 9.17) is 0 Å². The summed E-state index contributed by atoms with van der Waals surface area (Å²) in [4.78, 5) is 3.15. The van der Waals surface area contributed by atoms with Gasteiger partial charge in [0.2, 0.25) is 0 Å². The minimum atomic E-state index is 0. The van der Waals surface area contributed by atoms with Gasteiger partial charge < -0.3 is 4.98 Å². The third-order valence-corrected chi connectivity index (χ3v) is 1.43. The molecule has 1 heteroatoms. The Morgan fingerprint density at radius 2 is 2.00 bits per heavy atom. The van der Waals surface area contributed by atoms with E-state index in [1.54, 1.807) is 0 Å². The van der Waals surface area contributed by atoms with Crippen molar-refractivity contribution in [3.8, 4) is 0 Å². The zero-order chi connectivity index (χ0) is 8.69. The number of nitrogens with one attached hydrogen (secondary N) is 1. The molecule has 0 aromatic carbocycles. The first kappa shape index (κ1) is 13.8. The molecule has 0 spiro atoms. The highest BCUT2D eigenvalue weighted by atomic mass is 14.7. The van der Waals surface area contributed by atoms with Crippen molar-refractivity contribution in [1.29, 1.82) is 0 Å². The molecule has 1 aromatic heterocycles. The zero-order valence-corrected chi connectivity index (χ0v) is 8.07. The van der Waals surface area contributed by atoms with Crippen molar-refractivity contribution in [1.82, 2.24) is 4.98 Å². The Labute approximate surface area is 78.7 Å². The van der Waals surface area contributed by atoms with Crippen LogP contribution in [-0.4, -0.2) is 4.98 Å². The Bertz CT molecular complexity index is 182. The van der Waals surface area contributed by atoms with Crippen molar-refractivity contribution in [3.63, 3.8) is 0 Å². The van der Waals surface area contributed by atoms with Gasteiger partial charge in [0.05, 0.1) is 0 Å². The number of aromatic nitrogens is 1. The minimum Gasteiger partial charge on any atom is -0.365 e. The SMILES string of the molecule is C.CC.CCCc1c[nH]c(C)c1.[HH]. The fourth-order valence-corrected chi connectivity index (χ4v) is 1.00. The van der Waals surface area contributed by atoms with Crippen LogP contribution in [0.5, 0.6) is 0 Å². The maximum absolute atomic E-state index is 3.15. The van der Waals surface area contributed by atoms with Crippen LogP contribution in [0.3, 0.4) is 0 Å². The van der Waals surface area contributed by atoms with Crippen LogP contribution in [0.2, 0.25) is 0 Å². The summed E-state index contributed by atoms with van der Waals surface area (Å²) in [6.07, 6.45) is 4.51. The van der Waals surface area contributed by atoms with Crippen LogP contribution in [0, 0.1) is 6.92 Å². The monoisotopic (exact) mass is 171 g/mol. The van der Waals surface area contributed by atoms with E-state index >= 15 is 0 Å². The topological polar surface area (TPSA) is 15.8 Å². The molecule has 0 aliphatic carbocycles. The molecule has 1 nitrogen and oxygen atoms in total. The van der Waals surface area contributed by atoms with Gasteiger partial charge in [-0.15, -0.1) is 0 Å². The summed E-state index contributed by atoms with van der Waals surface area (Å²) in [5.41, 5.74) is 2.69. The summed E-state index contributed by atoms with van der Waals surface area (Å²) >= 11 is 0. The molecule has 1 N–H and O–H groups in total. The normalized spacial score (nSPS) is 8.00. The van der Waals surface area contributed by atoms with E-state index in [2.05, 4.69) is 31.1 Å². The molecule has 1 aromatic rings. The van der Waals surface area contributed by atoms with Gasteiger partial charge in [0.25, 0.3) is 0 Å². The predicted octanol–water partition coefficient (Wildman–Crippen LogP) is 4.18. The highest BCUT2D eigenvalue weighted by Gasteiger charge is 1.91. The lowest BCUT2D eigenvalue weighted by molar-refractivity contribution is 0.923. The second-order valence-electron chi connectivity index (χ2n) is 2.44. The van der Waals surface area contributed by atoms with E-state index in [0.29, 0.717) is 0 Å². The average Bonchev–Trinajstić information content (AvgIpc) is 2.41. The van der Waals surface area contributed by atoms with Crippen LogP contribution in [0.15, 0.2) is 12.3 Å². The lowest BCUT2D eigenvalue weighted by atomic mass is 10.2. The largest absolute Gasteiger partial charge is 0.365 e. The fraction of sp³-hybridized carbons (Fsp3) is 0.636. The molecular formula is C11H25N. The summed E-state index contributed by atoms with van der Waals surface area (Å²) in [5.74, 6) is 0. The molecule has 0 aliphatic rings. The Morgan fingerprint density at radius 1 is 1.42 bits per heavy atom. The highest BCUT2D eigenvalue weighted by molar-refractivity contribution is 5.15. The predicted molar refractivity (Wildman–Crippen MR) is 59.7 cm³/mol. The van der Waals surface area contributed by atoms with Gasteiger partial charge in [-0.25, -0.2) is 0 Å². The third kappa shape index (κ3) is 5.00. The number of rotatable bonds is 2. The maximum atomic E-state index is 3.15. The van der Waals surface area contributed by atoms with E-state index in [-0.39, 0.29) is 8.85 Å². The Balaban J connectivity index is -0.000000234. The first-order valence-electron chi connectivity index (χ1n) is 4.47. The van der Waals surface area contributed by atoms with Crippen molar-refractivity contribution < 1.29 is 1.43 Å². The third-order valence-electron chi connectivity index (χ3n) is 1.43. The molecule has 0 saturated carbocycles. The molecule has 74 valence electrons. The fourth-order valence-electron chi connectivity index (χ4n) is 1.00. The van der Waals surface area contributed by atoms with Crippen molar-refractivity contribution in [3.05, 3.63) is 23.5 Å². The highest BCUT2D eigenvalue weighted by Crippen LogP contribution is 2.03. The summed E-state index contributed by atoms with van der Waals surface area (Å²) in [7, 11) is 0. The summed E-state index contributed by atoms with van der Waals surface area (Å²) in [6.45, 7) is 8.28. The second kappa shape index (κ2) is 8.38. The first-order valence-corrected chi connectivity index (χ1v) is 4.47. The molecule has 1 heterocycles. The molecule has 0 radical (unpaired) electrons. The zero-order valence-electron chi connectivity index (χ0n) is 8.07. The van der Waals surface area contributed by atoms with Crippen LogP contribution in [0.1, 0.15) is 47.3 Å². The molecule has 0 atom stereocenters. The molecule has 0 fully saturated rings. The van der Waals surface area contributed by atoms with Gasteiger partial charge in [-0.2, -0.15) is 0 Å². The summed E-state index contributed by atoms with van der Waals surface area (Å²) in [6, 6.07) is 2.20. The van der Waals surface area contributed by atoms with Crippen molar-refractivity contribution in [2.75, 3.05) is 0 Å². The lowest BCUT2D eigenvalue weighted by Crippen LogP contribution is -1.74. The summed E-state index contributed by atoms with van der Waals surface area (Å²) < 4.78 is 0. The van der Waals surface area contributed by atoms with Gasteiger partial charge >= 0.3 is 0 Å². The number of hydrogen-bond donors (Lipinski definition) is 1. The van der Waals surface area contributed by atoms with E-state index < -0.39 is 0 Å².